The van der Waals surface area contributed by atoms with E-state index < -0.39 is 8.56 Å². The van der Waals surface area contributed by atoms with Crippen LogP contribution in [0, 0.1) is 0 Å². The third-order valence-corrected chi connectivity index (χ3v) is 9.56. The van der Waals surface area contributed by atoms with Gasteiger partial charge in [-0.3, -0.25) is 0 Å². The van der Waals surface area contributed by atoms with Gasteiger partial charge in [0.25, 0.3) is 0 Å². The predicted octanol–water partition coefficient (Wildman–Crippen LogP) is 3.61. The van der Waals surface area contributed by atoms with Crippen molar-refractivity contribution in [2.45, 2.75) is 69.9 Å². The summed E-state index contributed by atoms with van der Waals surface area (Å²) in [5.41, 5.74) is 0. The minimum Gasteiger partial charge on any atom is -0.391 e. The average molecular weight is 377 g/mol. The Balaban J connectivity index is 3.19. The molecule has 0 radical (unpaired) electrons. The van der Waals surface area contributed by atoms with Crippen LogP contribution in [0.25, 0.3) is 0 Å². The summed E-state index contributed by atoms with van der Waals surface area (Å²) in [6, 6.07) is 0. The van der Waals surface area contributed by atoms with Crippen molar-refractivity contribution >= 4 is 8.56 Å². The molecule has 1 rings (SSSR count). The average Bonchev–Trinajstić information content (AvgIpc) is 2.51. The molecule has 3 atom stereocenters. The van der Waals surface area contributed by atoms with Crippen molar-refractivity contribution < 1.29 is 27.8 Å². The van der Waals surface area contributed by atoms with Gasteiger partial charge in [0.2, 0.25) is 0 Å². The van der Waals surface area contributed by atoms with Gasteiger partial charge in [0.1, 0.15) is 31.9 Å². The number of hydrogen-bond donors (Lipinski definition) is 0. The van der Waals surface area contributed by atoms with Crippen molar-refractivity contribution in [3.63, 3.8) is 0 Å². The topological polar surface area (TPSA) is 55.4 Å². The fourth-order valence-corrected chi connectivity index (χ4v) is 8.49. The molecule has 0 aromatic carbocycles. The first kappa shape index (κ1) is 22.8. The van der Waals surface area contributed by atoms with E-state index in [1.54, 1.807) is 20.3 Å². The summed E-state index contributed by atoms with van der Waals surface area (Å²) >= 11 is 0. The Morgan fingerprint density at radius 3 is 2.08 bits per heavy atom. The van der Waals surface area contributed by atoms with Crippen molar-refractivity contribution in [1.29, 1.82) is 0 Å². The van der Waals surface area contributed by atoms with Crippen LogP contribution in [0.15, 0.2) is 12.7 Å². The van der Waals surface area contributed by atoms with E-state index in [1.165, 1.54) is 0 Å². The molecule has 1 fully saturated rings. The summed E-state index contributed by atoms with van der Waals surface area (Å²) in [5, 5.41) is -0.245. The standard InChI is InChI=1S/C18H36O6Si/c1-10-14(21-12-19-8)16-15(22-13-20-9)11-23-25(24-16,17(2,3)4)18(5,6)7/h10,14-16H,1,11-13H2,2-9H3/t14-,15-,16+/m1/s1. The Morgan fingerprint density at radius 2 is 1.64 bits per heavy atom. The molecule has 0 aromatic heterocycles. The van der Waals surface area contributed by atoms with Gasteiger partial charge in [0, 0.05) is 24.3 Å². The maximum absolute atomic E-state index is 6.75. The van der Waals surface area contributed by atoms with Gasteiger partial charge in [-0.15, -0.1) is 6.58 Å². The van der Waals surface area contributed by atoms with Gasteiger partial charge in [0.05, 0.1) is 6.61 Å². The summed E-state index contributed by atoms with van der Waals surface area (Å²) in [7, 11) is 0.545. The lowest BCUT2D eigenvalue weighted by Crippen LogP contribution is -2.67. The van der Waals surface area contributed by atoms with Crippen LogP contribution in [0.4, 0.5) is 0 Å². The molecule has 1 heterocycles. The molecule has 1 saturated heterocycles. The zero-order valence-electron chi connectivity index (χ0n) is 17.1. The highest BCUT2D eigenvalue weighted by molar-refractivity contribution is 6.73. The van der Waals surface area contributed by atoms with Gasteiger partial charge in [0.15, 0.2) is 0 Å². The summed E-state index contributed by atoms with van der Waals surface area (Å²) in [6.45, 7) is 17.7. The molecular formula is C18H36O6Si. The zero-order chi connectivity index (χ0) is 19.3. The van der Waals surface area contributed by atoms with E-state index in [0.29, 0.717) is 6.61 Å². The van der Waals surface area contributed by atoms with Crippen molar-refractivity contribution in [3.8, 4) is 0 Å². The fraction of sp³-hybridized carbons (Fsp3) is 0.889. The third-order valence-electron chi connectivity index (χ3n) is 4.43. The molecule has 6 nitrogen and oxygen atoms in total. The summed E-state index contributed by atoms with van der Waals surface area (Å²) in [4.78, 5) is 0. The highest BCUT2D eigenvalue weighted by Crippen LogP contribution is 2.54. The normalized spacial score (nSPS) is 25.6. The highest BCUT2D eigenvalue weighted by atomic mass is 28.4. The monoisotopic (exact) mass is 376 g/mol. The molecule has 0 aliphatic carbocycles. The van der Waals surface area contributed by atoms with Crippen LogP contribution < -0.4 is 0 Å². The van der Waals surface area contributed by atoms with Crippen LogP contribution in [0.3, 0.4) is 0 Å². The minimum absolute atomic E-state index is 0.122. The van der Waals surface area contributed by atoms with Crippen LogP contribution in [-0.4, -0.2) is 61.3 Å². The lowest BCUT2D eigenvalue weighted by Gasteiger charge is -2.55. The summed E-state index contributed by atoms with van der Waals surface area (Å²) < 4.78 is 34.9. The molecule has 148 valence electrons. The SMILES string of the molecule is C=C[C@@H](OCOC)[C@@H]1O[Si](C(C)(C)C)(C(C)(C)C)OC[C@H]1OCOC. The molecule has 7 heteroatoms. The molecule has 0 amide bonds. The maximum atomic E-state index is 6.75. The first-order chi connectivity index (χ1) is 11.5. The molecular weight excluding hydrogens is 340 g/mol. The van der Waals surface area contributed by atoms with Crippen LogP contribution in [0.5, 0.6) is 0 Å². The molecule has 0 unspecified atom stereocenters. The summed E-state index contributed by atoms with van der Waals surface area (Å²) in [5.74, 6) is 0. The number of ether oxygens (including phenoxy) is 4. The lowest BCUT2D eigenvalue weighted by molar-refractivity contribution is -0.186. The summed E-state index contributed by atoms with van der Waals surface area (Å²) in [6.07, 6.45) is 0.747. The van der Waals surface area contributed by atoms with Gasteiger partial charge >= 0.3 is 8.56 Å². The first-order valence-electron chi connectivity index (χ1n) is 8.69. The number of hydrogen-bond acceptors (Lipinski definition) is 6. The van der Waals surface area contributed by atoms with Crippen LogP contribution in [0.1, 0.15) is 41.5 Å². The molecule has 1 aliphatic heterocycles. The quantitative estimate of drug-likeness (QED) is 0.366. The van der Waals surface area contributed by atoms with Gasteiger partial charge < -0.3 is 27.8 Å². The van der Waals surface area contributed by atoms with Crippen molar-refractivity contribution in [2.24, 2.45) is 0 Å². The Morgan fingerprint density at radius 1 is 1.08 bits per heavy atom. The lowest BCUT2D eigenvalue weighted by atomic mass is 10.1. The second-order valence-corrected chi connectivity index (χ2v) is 13.2. The number of methoxy groups -OCH3 is 2. The largest absolute Gasteiger partial charge is 0.391 e. The third kappa shape index (κ3) is 5.13. The van der Waals surface area contributed by atoms with E-state index in [0.717, 1.165) is 0 Å². The van der Waals surface area contributed by atoms with Crippen molar-refractivity contribution in [2.75, 3.05) is 34.4 Å². The zero-order valence-corrected chi connectivity index (χ0v) is 18.1. The Kier molecular flexibility index (Phi) is 8.26. The molecule has 0 spiro atoms. The smallest absolute Gasteiger partial charge is 0.349 e. The Bertz CT molecular complexity index is 401. The van der Waals surface area contributed by atoms with Gasteiger partial charge in [-0.2, -0.15) is 0 Å². The molecule has 0 saturated carbocycles. The first-order valence-corrected chi connectivity index (χ1v) is 10.5. The Labute approximate surface area is 154 Å². The van der Waals surface area contributed by atoms with Gasteiger partial charge in [-0.1, -0.05) is 47.6 Å². The van der Waals surface area contributed by atoms with E-state index in [4.69, 9.17) is 27.8 Å². The maximum Gasteiger partial charge on any atom is 0.349 e. The van der Waals surface area contributed by atoms with Crippen molar-refractivity contribution in [3.05, 3.63) is 12.7 Å². The van der Waals surface area contributed by atoms with E-state index in [-0.39, 0.29) is 42.0 Å². The molecule has 0 bridgehead atoms. The van der Waals surface area contributed by atoms with Crippen LogP contribution >= 0.6 is 0 Å². The second kappa shape index (κ2) is 9.08. The van der Waals surface area contributed by atoms with Gasteiger partial charge in [-0.25, -0.2) is 0 Å². The second-order valence-electron chi connectivity index (χ2n) is 8.40. The van der Waals surface area contributed by atoms with E-state index in [2.05, 4.69) is 48.1 Å². The number of rotatable bonds is 8. The van der Waals surface area contributed by atoms with E-state index in [9.17, 15) is 0 Å². The molecule has 1 aliphatic rings. The molecule has 0 aromatic rings. The molecule has 25 heavy (non-hydrogen) atoms. The van der Waals surface area contributed by atoms with Crippen LogP contribution in [-0.2, 0) is 27.8 Å². The van der Waals surface area contributed by atoms with Crippen molar-refractivity contribution in [1.82, 2.24) is 0 Å². The van der Waals surface area contributed by atoms with E-state index in [1.807, 2.05) is 0 Å². The van der Waals surface area contributed by atoms with Crippen LogP contribution in [0.2, 0.25) is 10.1 Å². The molecule has 0 N–H and O–H groups in total. The fourth-order valence-electron chi connectivity index (χ4n) is 3.53. The predicted molar refractivity (Wildman–Crippen MR) is 99.7 cm³/mol. The van der Waals surface area contributed by atoms with Gasteiger partial charge in [-0.05, 0) is 0 Å². The highest BCUT2D eigenvalue weighted by Gasteiger charge is 2.62. The minimum atomic E-state index is -2.64. The Hall–Kier alpha value is -0.283. The van der Waals surface area contributed by atoms with E-state index >= 15 is 0 Å².